The van der Waals surface area contributed by atoms with Crippen molar-refractivity contribution >= 4 is 44.6 Å². The van der Waals surface area contributed by atoms with Gasteiger partial charge in [-0.3, -0.25) is 19.1 Å². The zero-order chi connectivity index (χ0) is 43.4. The van der Waals surface area contributed by atoms with Gasteiger partial charge in [0.1, 0.15) is 48.4 Å². The maximum atomic E-state index is 14.9. The number of fused-ring (bicyclic) bond motifs is 5. The van der Waals surface area contributed by atoms with E-state index in [1.807, 2.05) is 17.7 Å². The summed E-state index contributed by atoms with van der Waals surface area (Å²) in [5, 5.41) is 6.51. The first-order valence-corrected chi connectivity index (χ1v) is 21.8. The first-order valence-electron chi connectivity index (χ1n) is 20.3. The predicted octanol–water partition coefficient (Wildman–Crippen LogP) is 4.72. The number of benzene rings is 1. The maximum Gasteiger partial charge on any atom is 0.408 e. The molecule has 19 heteroatoms. The van der Waals surface area contributed by atoms with Crippen LogP contribution in [0.4, 0.5) is 18.0 Å². The van der Waals surface area contributed by atoms with Crippen molar-refractivity contribution in [1.29, 1.82) is 0 Å². The zero-order valence-electron chi connectivity index (χ0n) is 34.2. The number of amides is 4. The Morgan fingerprint density at radius 3 is 2.50 bits per heavy atom. The van der Waals surface area contributed by atoms with E-state index in [4.69, 9.17) is 18.9 Å². The highest BCUT2D eigenvalue weighted by atomic mass is 32.2. The Morgan fingerprint density at radius 2 is 1.80 bits per heavy atom. The number of ether oxygens (including phenoxy) is 4. The molecular formula is C41H52F3N5O10S. The fraction of sp³-hybridized carbons (Fsp3) is 0.634. The monoisotopic (exact) mass is 863 g/mol. The molecule has 1 aromatic carbocycles. The molecule has 3 aliphatic heterocycles. The van der Waals surface area contributed by atoms with Crippen molar-refractivity contribution < 1.29 is 59.7 Å². The lowest BCUT2D eigenvalue weighted by molar-refractivity contribution is -0.152. The summed E-state index contributed by atoms with van der Waals surface area (Å²) in [5.74, 6) is -6.00. The smallest absolute Gasteiger partial charge is 0.408 e. The Morgan fingerprint density at radius 1 is 1.07 bits per heavy atom. The molecule has 1 saturated heterocycles. The number of nitrogens with zero attached hydrogens (tertiary/aromatic N) is 2. The quantitative estimate of drug-likeness (QED) is 0.296. The number of alkyl halides is 3. The normalized spacial score (nSPS) is 29.2. The van der Waals surface area contributed by atoms with E-state index in [-0.39, 0.29) is 44.0 Å². The molecule has 4 heterocycles. The number of sulfonamides is 1. The van der Waals surface area contributed by atoms with Crippen LogP contribution in [-0.4, -0.2) is 109 Å². The lowest BCUT2D eigenvalue weighted by Crippen LogP contribution is -2.60. The van der Waals surface area contributed by atoms with E-state index < -0.39 is 92.3 Å². The highest BCUT2D eigenvalue weighted by Crippen LogP contribution is 2.48. The fourth-order valence-corrected chi connectivity index (χ4v) is 9.64. The number of carbonyl (C=O) groups is 4. The van der Waals surface area contributed by atoms with Crippen LogP contribution < -0.4 is 29.6 Å². The molecule has 7 unspecified atom stereocenters. The van der Waals surface area contributed by atoms with Gasteiger partial charge in [0.05, 0.1) is 6.54 Å². The second-order valence-corrected chi connectivity index (χ2v) is 19.6. The summed E-state index contributed by atoms with van der Waals surface area (Å²) >= 11 is 0. The van der Waals surface area contributed by atoms with Crippen LogP contribution in [-0.2, 0) is 29.1 Å². The first-order chi connectivity index (χ1) is 28.2. The Bertz CT molecular complexity index is 2180. The van der Waals surface area contributed by atoms with Crippen molar-refractivity contribution in [3.8, 4) is 17.4 Å². The Labute approximate surface area is 346 Å². The summed E-state index contributed by atoms with van der Waals surface area (Å²) in [6.07, 6.45) is 4.52. The molecular weight excluding hydrogens is 812 g/mol. The van der Waals surface area contributed by atoms with Gasteiger partial charge in [0.25, 0.3) is 11.8 Å². The van der Waals surface area contributed by atoms with Crippen LogP contribution in [0.15, 0.2) is 36.5 Å². The van der Waals surface area contributed by atoms with Gasteiger partial charge in [-0.05, 0) is 82.4 Å². The lowest BCUT2D eigenvalue weighted by atomic mass is 9.88. The van der Waals surface area contributed by atoms with Crippen molar-refractivity contribution in [1.82, 2.24) is 25.2 Å². The predicted molar refractivity (Wildman–Crippen MR) is 211 cm³/mol. The van der Waals surface area contributed by atoms with Gasteiger partial charge in [0, 0.05) is 36.2 Å². The number of aromatic nitrogens is 1. The molecule has 0 bridgehead atoms. The molecule has 60 heavy (non-hydrogen) atoms. The molecule has 2 aliphatic carbocycles. The van der Waals surface area contributed by atoms with E-state index in [1.54, 1.807) is 31.2 Å². The topological polar surface area (TPSA) is 192 Å². The molecule has 15 nitrogen and oxygen atoms in total. The van der Waals surface area contributed by atoms with Crippen LogP contribution in [0.5, 0.6) is 17.4 Å². The van der Waals surface area contributed by atoms with E-state index in [1.165, 1.54) is 11.1 Å². The number of rotatable bonds is 9. The van der Waals surface area contributed by atoms with E-state index in [2.05, 4.69) is 15.6 Å². The SMILES string of the molecule is CC1CCC=CC2CC2(C(=O)NS(=O)(=O)C2(CF)CC2)NC(=O)C2CC(Oc3nccc4c5c(ccc34)OCCO5)CN2C(=O)C(NC(=O)OC(C)(C)C(C)(F)F)C(C)C1. The molecule has 7 rings (SSSR count). The highest BCUT2D eigenvalue weighted by molar-refractivity contribution is 7.91. The van der Waals surface area contributed by atoms with Crippen molar-refractivity contribution in [2.75, 3.05) is 26.4 Å². The second-order valence-electron chi connectivity index (χ2n) is 17.5. The van der Waals surface area contributed by atoms with E-state index in [9.17, 15) is 40.8 Å². The van der Waals surface area contributed by atoms with Gasteiger partial charge >= 0.3 is 6.09 Å². The standard InChI is InChI=1S/C41H52F3N5O10S/c1-23-8-6-7-9-25-20-41(25,36(52)48-60(54,55)40(22-42)13-14-40)47-33(50)29-19-26(58-34-28-10-11-30-32(57-17-16-56-30)27(28)12-15-45-34)21-49(29)35(51)31(24(2)18-23)46-37(53)59-38(3,4)39(5,43)44/h7,9-12,15,23-26,29,31H,6,8,13-14,16-22H2,1-5H3,(H,46,53)(H,47,50)(H,48,52). The number of allylic oxidation sites excluding steroid dienone is 1. The third-order valence-corrected chi connectivity index (χ3v) is 14.7. The van der Waals surface area contributed by atoms with Gasteiger partial charge in [0.2, 0.25) is 27.7 Å². The molecule has 3 fully saturated rings. The Kier molecular flexibility index (Phi) is 11.5. The first kappa shape index (κ1) is 43.3. The van der Waals surface area contributed by atoms with Gasteiger partial charge < -0.3 is 34.5 Å². The maximum absolute atomic E-state index is 14.9. The van der Waals surface area contributed by atoms with Crippen LogP contribution in [0.1, 0.15) is 79.6 Å². The third kappa shape index (κ3) is 8.29. The molecule has 4 amide bonds. The molecule has 5 aliphatic rings. The number of hydrogen-bond donors (Lipinski definition) is 3. The summed E-state index contributed by atoms with van der Waals surface area (Å²) in [5.41, 5.74) is -3.98. The number of carbonyl (C=O) groups excluding carboxylic acids is 4. The van der Waals surface area contributed by atoms with Crippen LogP contribution in [0.3, 0.4) is 0 Å². The molecule has 0 spiro atoms. The summed E-state index contributed by atoms with van der Waals surface area (Å²) < 4.78 is 92.7. The number of hydrogen-bond acceptors (Lipinski definition) is 11. The van der Waals surface area contributed by atoms with Gasteiger partial charge in [-0.1, -0.05) is 26.0 Å². The minimum atomic E-state index is -4.45. The van der Waals surface area contributed by atoms with E-state index in [0.29, 0.717) is 61.7 Å². The number of halogens is 3. The average Bonchev–Trinajstić information content (AvgIpc) is 4.09. The largest absolute Gasteiger partial charge is 0.486 e. The van der Waals surface area contributed by atoms with Crippen LogP contribution in [0.25, 0.3) is 10.8 Å². The van der Waals surface area contributed by atoms with Gasteiger partial charge in [-0.25, -0.2) is 31.4 Å². The molecule has 328 valence electrons. The lowest BCUT2D eigenvalue weighted by Gasteiger charge is -2.35. The van der Waals surface area contributed by atoms with Crippen molar-refractivity contribution in [2.45, 2.75) is 120 Å². The Hall–Kier alpha value is -4.81. The summed E-state index contributed by atoms with van der Waals surface area (Å²) in [6, 6.07) is 2.52. The van der Waals surface area contributed by atoms with Crippen molar-refractivity contribution in [2.24, 2.45) is 17.8 Å². The summed E-state index contributed by atoms with van der Waals surface area (Å²) in [4.78, 5) is 62.4. The molecule has 3 N–H and O–H groups in total. The van der Waals surface area contributed by atoms with Crippen molar-refractivity contribution in [3.63, 3.8) is 0 Å². The van der Waals surface area contributed by atoms with Gasteiger partial charge in [-0.2, -0.15) is 0 Å². The van der Waals surface area contributed by atoms with Crippen LogP contribution in [0.2, 0.25) is 0 Å². The zero-order valence-corrected chi connectivity index (χ0v) is 35.0. The second kappa shape index (κ2) is 15.9. The van der Waals surface area contributed by atoms with E-state index >= 15 is 0 Å². The van der Waals surface area contributed by atoms with Crippen LogP contribution in [0, 0.1) is 17.8 Å². The molecule has 0 radical (unpaired) electrons. The highest BCUT2D eigenvalue weighted by Gasteiger charge is 2.64. The molecule has 2 aromatic rings. The summed E-state index contributed by atoms with van der Waals surface area (Å²) in [7, 11) is -4.45. The average molecular weight is 864 g/mol. The van der Waals surface area contributed by atoms with Crippen molar-refractivity contribution in [3.05, 3.63) is 36.5 Å². The minimum Gasteiger partial charge on any atom is -0.486 e. The van der Waals surface area contributed by atoms with Gasteiger partial charge in [-0.15, -0.1) is 0 Å². The number of nitrogens with one attached hydrogen (secondary N) is 3. The number of pyridine rings is 1. The van der Waals surface area contributed by atoms with E-state index in [0.717, 1.165) is 13.8 Å². The third-order valence-electron chi connectivity index (χ3n) is 12.6. The summed E-state index contributed by atoms with van der Waals surface area (Å²) in [6.45, 7) is 5.73. The fourth-order valence-electron chi connectivity index (χ4n) is 8.22. The minimum absolute atomic E-state index is 0.0186. The van der Waals surface area contributed by atoms with Gasteiger partial charge in [0.15, 0.2) is 17.1 Å². The number of alkyl carbamates (subject to hydrolysis) is 1. The van der Waals surface area contributed by atoms with Crippen LogP contribution >= 0.6 is 0 Å². The molecule has 7 atom stereocenters. The Balaban J connectivity index is 1.23. The molecule has 2 saturated carbocycles. The molecule has 1 aromatic heterocycles.